The average molecular weight is 280 g/mol. The molecule has 104 valence electrons. The summed E-state index contributed by atoms with van der Waals surface area (Å²) < 4.78 is 24.8. The molecule has 4 atom stereocenters. The quantitative estimate of drug-likeness (QED) is 0.835. The van der Waals surface area contributed by atoms with E-state index < -0.39 is 16.6 Å². The lowest BCUT2D eigenvalue weighted by Gasteiger charge is -2.37. The lowest BCUT2D eigenvalue weighted by molar-refractivity contribution is -0.240. The van der Waals surface area contributed by atoms with Gasteiger partial charge >= 0.3 is 0 Å². The second-order valence-electron chi connectivity index (χ2n) is 5.38. The van der Waals surface area contributed by atoms with Crippen molar-refractivity contribution in [3.8, 4) is 0 Å². The van der Waals surface area contributed by atoms with Crippen molar-refractivity contribution in [3.05, 3.63) is 30.3 Å². The summed E-state index contributed by atoms with van der Waals surface area (Å²) in [5.41, 5.74) is 0. The number of hydrogen-bond acceptors (Lipinski definition) is 3. The van der Waals surface area contributed by atoms with Gasteiger partial charge in [-0.25, -0.2) is 0 Å². The molecule has 1 aromatic rings. The highest BCUT2D eigenvalue weighted by Gasteiger charge is 2.52. The molecule has 2 aliphatic heterocycles. The first kappa shape index (κ1) is 13.3. The third-order valence-corrected chi connectivity index (χ3v) is 5.74. The molecule has 0 saturated carbocycles. The Morgan fingerprint density at radius 3 is 2.74 bits per heavy atom. The van der Waals surface area contributed by atoms with E-state index in [0.29, 0.717) is 0 Å². The summed E-state index contributed by atoms with van der Waals surface area (Å²) in [6.07, 6.45) is 3.96. The van der Waals surface area contributed by atoms with Gasteiger partial charge in [0, 0.05) is 11.3 Å². The molecule has 0 bridgehead atoms. The van der Waals surface area contributed by atoms with Crippen molar-refractivity contribution in [2.45, 2.75) is 54.6 Å². The molecular formula is C15H20O3S. The maximum absolute atomic E-state index is 12.8. The first-order valence-corrected chi connectivity index (χ1v) is 8.20. The Balaban J connectivity index is 1.87. The summed E-state index contributed by atoms with van der Waals surface area (Å²) >= 11 is 0. The molecule has 2 heterocycles. The maximum Gasteiger partial charge on any atom is 0.183 e. The van der Waals surface area contributed by atoms with Gasteiger partial charge in [-0.3, -0.25) is 4.21 Å². The van der Waals surface area contributed by atoms with Crippen molar-refractivity contribution >= 4 is 10.8 Å². The lowest BCUT2D eigenvalue weighted by Crippen LogP contribution is -2.46. The van der Waals surface area contributed by atoms with E-state index in [4.69, 9.17) is 9.47 Å². The van der Waals surface area contributed by atoms with Gasteiger partial charge in [0.25, 0.3) is 0 Å². The Morgan fingerprint density at radius 2 is 2.05 bits per heavy atom. The van der Waals surface area contributed by atoms with Crippen LogP contribution in [0.1, 0.15) is 32.6 Å². The topological polar surface area (TPSA) is 35.5 Å². The molecule has 2 fully saturated rings. The maximum atomic E-state index is 12.8. The van der Waals surface area contributed by atoms with Crippen LogP contribution in [0.25, 0.3) is 0 Å². The highest BCUT2D eigenvalue weighted by Crippen LogP contribution is 2.42. The Morgan fingerprint density at radius 1 is 1.26 bits per heavy atom. The second-order valence-corrected chi connectivity index (χ2v) is 7.02. The largest absolute Gasteiger partial charge is 0.349 e. The number of ether oxygens (including phenoxy) is 2. The molecule has 4 heteroatoms. The van der Waals surface area contributed by atoms with E-state index >= 15 is 0 Å². The lowest BCUT2D eigenvalue weighted by atomic mass is 10.0. The molecule has 0 unspecified atom stereocenters. The van der Waals surface area contributed by atoms with Crippen LogP contribution < -0.4 is 0 Å². The van der Waals surface area contributed by atoms with Crippen molar-refractivity contribution < 1.29 is 13.7 Å². The van der Waals surface area contributed by atoms with Crippen molar-refractivity contribution in [1.82, 2.24) is 0 Å². The highest BCUT2D eigenvalue weighted by molar-refractivity contribution is 7.85. The Bertz CT molecular complexity index is 454. The fourth-order valence-electron chi connectivity index (χ4n) is 3.05. The fraction of sp³-hybridized carbons (Fsp3) is 0.600. The molecule has 3 nitrogen and oxygen atoms in total. The minimum atomic E-state index is -1.07. The smallest absolute Gasteiger partial charge is 0.183 e. The van der Waals surface area contributed by atoms with E-state index in [0.717, 1.165) is 37.2 Å². The molecule has 1 aromatic carbocycles. The van der Waals surface area contributed by atoms with Crippen molar-refractivity contribution in [3.63, 3.8) is 0 Å². The van der Waals surface area contributed by atoms with Crippen LogP contribution in [0.5, 0.6) is 0 Å². The molecule has 2 aliphatic rings. The van der Waals surface area contributed by atoms with E-state index in [2.05, 4.69) is 0 Å². The summed E-state index contributed by atoms with van der Waals surface area (Å²) in [6.45, 7) is 2.76. The van der Waals surface area contributed by atoms with Crippen LogP contribution in [0.2, 0.25) is 0 Å². The van der Waals surface area contributed by atoms with Crippen LogP contribution in [0.15, 0.2) is 35.2 Å². The molecule has 0 aromatic heterocycles. The monoisotopic (exact) mass is 280 g/mol. The molecule has 2 saturated heterocycles. The molecule has 0 amide bonds. The van der Waals surface area contributed by atoms with E-state index in [1.807, 2.05) is 37.3 Å². The molecule has 3 rings (SSSR count). The predicted octanol–water partition coefficient (Wildman–Crippen LogP) is 2.87. The second kappa shape index (κ2) is 5.35. The summed E-state index contributed by atoms with van der Waals surface area (Å²) in [5.74, 6) is -0.613. The van der Waals surface area contributed by atoms with E-state index in [1.54, 1.807) is 0 Å². The summed E-state index contributed by atoms with van der Waals surface area (Å²) in [5, 5.41) is -0.0507. The Kier molecular flexibility index (Phi) is 3.74. The van der Waals surface area contributed by atoms with Gasteiger partial charge in [-0.2, -0.15) is 0 Å². The van der Waals surface area contributed by atoms with Gasteiger partial charge in [0.15, 0.2) is 5.79 Å². The molecule has 1 spiro atoms. The fourth-order valence-corrected chi connectivity index (χ4v) is 4.82. The number of rotatable bonds is 2. The SMILES string of the molecule is C[C@@H]1C[C@@H]([S@](=O)c2ccccc2)[C@@]2(CCCCO2)O1. The summed E-state index contributed by atoms with van der Waals surface area (Å²) in [6, 6.07) is 9.66. The first-order valence-electron chi connectivity index (χ1n) is 6.99. The predicted molar refractivity (Wildman–Crippen MR) is 74.3 cm³/mol. The molecule has 0 aliphatic carbocycles. The normalized spacial score (nSPS) is 36.5. The zero-order valence-corrected chi connectivity index (χ0v) is 12.0. The number of benzene rings is 1. The Labute approximate surface area is 116 Å². The minimum Gasteiger partial charge on any atom is -0.349 e. The van der Waals surface area contributed by atoms with Gasteiger partial charge in [-0.15, -0.1) is 0 Å². The third-order valence-electron chi connectivity index (χ3n) is 3.94. The van der Waals surface area contributed by atoms with Crippen LogP contribution in [0, 0.1) is 0 Å². The van der Waals surface area contributed by atoms with Gasteiger partial charge < -0.3 is 9.47 Å². The third kappa shape index (κ3) is 2.49. The van der Waals surface area contributed by atoms with Crippen LogP contribution in [0.4, 0.5) is 0 Å². The van der Waals surface area contributed by atoms with Crippen molar-refractivity contribution in [1.29, 1.82) is 0 Å². The molecular weight excluding hydrogens is 260 g/mol. The van der Waals surface area contributed by atoms with Gasteiger partial charge in [0.2, 0.25) is 0 Å². The van der Waals surface area contributed by atoms with E-state index in [-0.39, 0.29) is 11.4 Å². The van der Waals surface area contributed by atoms with Crippen LogP contribution in [-0.4, -0.2) is 28.0 Å². The summed E-state index contributed by atoms with van der Waals surface area (Å²) in [4.78, 5) is 0.874. The first-order chi connectivity index (χ1) is 9.21. The molecule has 0 N–H and O–H groups in total. The molecule has 0 radical (unpaired) electrons. The summed E-state index contributed by atoms with van der Waals surface area (Å²) in [7, 11) is -1.07. The van der Waals surface area contributed by atoms with Gasteiger partial charge in [-0.05, 0) is 38.3 Å². The standard InChI is InChI=1S/C15H20O3S/c1-12-11-14(15(18-12)9-5-6-10-17-15)19(16)13-7-3-2-4-8-13/h2-4,7-8,12,14H,5-6,9-11H2,1H3/t12-,14-,15-,19-/m1/s1. The van der Waals surface area contributed by atoms with E-state index in [1.165, 1.54) is 0 Å². The molecule has 19 heavy (non-hydrogen) atoms. The zero-order chi connectivity index (χ0) is 13.3. The van der Waals surface area contributed by atoms with Crippen LogP contribution >= 0.6 is 0 Å². The van der Waals surface area contributed by atoms with Crippen molar-refractivity contribution in [2.24, 2.45) is 0 Å². The minimum absolute atomic E-state index is 0.0507. The van der Waals surface area contributed by atoms with Crippen LogP contribution in [0.3, 0.4) is 0 Å². The van der Waals surface area contributed by atoms with Gasteiger partial charge in [0.05, 0.1) is 28.8 Å². The number of hydrogen-bond donors (Lipinski definition) is 0. The van der Waals surface area contributed by atoms with Gasteiger partial charge in [-0.1, -0.05) is 18.2 Å². The van der Waals surface area contributed by atoms with Crippen LogP contribution in [-0.2, 0) is 20.3 Å². The average Bonchev–Trinajstić information content (AvgIpc) is 2.76. The highest BCUT2D eigenvalue weighted by atomic mass is 32.2. The van der Waals surface area contributed by atoms with E-state index in [9.17, 15) is 4.21 Å². The zero-order valence-electron chi connectivity index (χ0n) is 11.2. The van der Waals surface area contributed by atoms with Gasteiger partial charge in [0.1, 0.15) is 0 Å². The van der Waals surface area contributed by atoms with Crippen molar-refractivity contribution in [2.75, 3.05) is 6.61 Å². The Hall–Kier alpha value is -0.710.